The van der Waals surface area contributed by atoms with Crippen LogP contribution in [0.15, 0.2) is 30.3 Å². The largest absolute Gasteiger partial charge is 0.407 e. The quantitative estimate of drug-likeness (QED) is 0.333. The lowest BCUT2D eigenvalue weighted by atomic mass is 9.99. The molecule has 0 saturated carbocycles. The topological polar surface area (TPSA) is 47.5 Å². The second kappa shape index (κ2) is 5.64. The summed E-state index contributed by atoms with van der Waals surface area (Å²) in [5, 5.41) is 10.9. The summed E-state index contributed by atoms with van der Waals surface area (Å²) in [6.45, 7) is 6.71. The van der Waals surface area contributed by atoms with E-state index in [1.807, 2.05) is 0 Å². The molecule has 2 aromatic carbocycles. The van der Waals surface area contributed by atoms with E-state index in [-0.39, 0.29) is 0 Å². The van der Waals surface area contributed by atoms with Gasteiger partial charge in [-0.25, -0.2) is 13.6 Å². The van der Waals surface area contributed by atoms with Gasteiger partial charge in [0.1, 0.15) is 11.6 Å². The summed E-state index contributed by atoms with van der Waals surface area (Å²) in [4.78, 5) is 12.5. The summed E-state index contributed by atoms with van der Waals surface area (Å²) in [6.07, 6.45) is -4.90. The second-order valence-corrected chi connectivity index (χ2v) is 4.38. The summed E-state index contributed by atoms with van der Waals surface area (Å²) >= 11 is 0. The molecule has 0 saturated heterocycles. The van der Waals surface area contributed by atoms with Crippen molar-refractivity contribution in [1.29, 1.82) is 0 Å². The molecule has 2 rings (SSSR count). The number of nitro benzene ring substituents is 1. The highest BCUT2D eigenvalue weighted by Gasteiger charge is 2.34. The SMILES string of the molecule is [C-]#[N+]c1ccc(-c2c(F)cc(F)cc2[N+](=O)[O-])cc1C(F)(F)F. The number of hydrogen-bond donors (Lipinski definition) is 0. The molecule has 0 bridgehead atoms. The summed E-state index contributed by atoms with van der Waals surface area (Å²) < 4.78 is 65.8. The summed E-state index contributed by atoms with van der Waals surface area (Å²) in [6, 6.07) is 2.88. The molecule has 0 aliphatic rings. The van der Waals surface area contributed by atoms with Crippen LogP contribution in [0.25, 0.3) is 16.0 Å². The number of nitro groups is 1. The Bertz CT molecular complexity index is 840. The first-order chi connectivity index (χ1) is 10.6. The lowest BCUT2D eigenvalue weighted by Crippen LogP contribution is -2.06. The van der Waals surface area contributed by atoms with Crippen molar-refractivity contribution in [2.45, 2.75) is 6.18 Å². The van der Waals surface area contributed by atoms with Crippen LogP contribution in [0.5, 0.6) is 0 Å². The van der Waals surface area contributed by atoms with Gasteiger partial charge in [-0.15, -0.1) is 0 Å². The van der Waals surface area contributed by atoms with Gasteiger partial charge in [-0.2, -0.15) is 13.2 Å². The maximum absolute atomic E-state index is 13.9. The number of rotatable bonds is 2. The lowest BCUT2D eigenvalue weighted by molar-refractivity contribution is -0.384. The second-order valence-electron chi connectivity index (χ2n) is 4.38. The minimum absolute atomic E-state index is 0.332. The van der Waals surface area contributed by atoms with E-state index in [1.165, 1.54) is 0 Å². The monoisotopic (exact) mass is 328 g/mol. The van der Waals surface area contributed by atoms with Crippen LogP contribution in [-0.4, -0.2) is 4.92 Å². The highest BCUT2D eigenvalue weighted by Crippen LogP contribution is 2.41. The van der Waals surface area contributed by atoms with Crippen LogP contribution in [0.4, 0.5) is 33.3 Å². The Labute approximate surface area is 125 Å². The first-order valence-corrected chi connectivity index (χ1v) is 5.87. The van der Waals surface area contributed by atoms with Gasteiger partial charge in [0.25, 0.3) is 5.69 Å². The normalized spacial score (nSPS) is 11.1. The van der Waals surface area contributed by atoms with Gasteiger partial charge in [-0.05, 0) is 5.56 Å². The van der Waals surface area contributed by atoms with Crippen molar-refractivity contribution in [1.82, 2.24) is 0 Å². The van der Waals surface area contributed by atoms with Gasteiger partial charge in [-0.3, -0.25) is 10.1 Å². The van der Waals surface area contributed by atoms with Crippen molar-refractivity contribution in [3.8, 4) is 11.1 Å². The van der Waals surface area contributed by atoms with E-state index in [1.54, 1.807) is 0 Å². The molecule has 0 amide bonds. The molecule has 0 heterocycles. The third-order valence-electron chi connectivity index (χ3n) is 2.94. The predicted molar refractivity (Wildman–Crippen MR) is 69.7 cm³/mol. The van der Waals surface area contributed by atoms with Crippen LogP contribution in [0.3, 0.4) is 0 Å². The molecule has 118 valence electrons. The van der Waals surface area contributed by atoms with E-state index in [0.29, 0.717) is 18.2 Å². The molecule has 0 fully saturated rings. The van der Waals surface area contributed by atoms with Crippen molar-refractivity contribution in [3.05, 3.63) is 69.1 Å². The molecule has 4 nitrogen and oxygen atoms in total. The summed E-state index contributed by atoms with van der Waals surface area (Å²) in [7, 11) is 0. The van der Waals surface area contributed by atoms with Gasteiger partial charge in [-0.1, -0.05) is 18.2 Å². The molecule has 0 spiro atoms. The zero-order chi connectivity index (χ0) is 17.4. The molecule has 0 N–H and O–H groups in total. The van der Waals surface area contributed by atoms with Crippen LogP contribution in [0.2, 0.25) is 0 Å². The van der Waals surface area contributed by atoms with Crippen LogP contribution in [-0.2, 0) is 6.18 Å². The Morgan fingerprint density at radius 3 is 2.30 bits per heavy atom. The van der Waals surface area contributed by atoms with Crippen LogP contribution in [0, 0.1) is 28.3 Å². The van der Waals surface area contributed by atoms with Crippen LogP contribution in [0.1, 0.15) is 5.56 Å². The van der Waals surface area contributed by atoms with Crippen LogP contribution < -0.4 is 0 Å². The van der Waals surface area contributed by atoms with Gasteiger partial charge in [0.15, 0.2) is 5.69 Å². The molecule has 23 heavy (non-hydrogen) atoms. The fourth-order valence-corrected chi connectivity index (χ4v) is 2.01. The van der Waals surface area contributed by atoms with Gasteiger partial charge in [0.05, 0.1) is 28.7 Å². The molecule has 9 heteroatoms. The number of alkyl halides is 3. The predicted octanol–water partition coefficient (Wildman–Crippen LogP) is 5.11. The molecule has 0 aliphatic heterocycles. The first-order valence-electron chi connectivity index (χ1n) is 5.87. The maximum atomic E-state index is 13.9. The molecular weight excluding hydrogens is 323 g/mol. The zero-order valence-corrected chi connectivity index (χ0v) is 11.0. The zero-order valence-electron chi connectivity index (χ0n) is 11.0. The van der Waals surface area contributed by atoms with Crippen molar-refractivity contribution in [2.75, 3.05) is 0 Å². The van der Waals surface area contributed by atoms with E-state index in [4.69, 9.17) is 6.57 Å². The molecule has 0 aliphatic carbocycles. The molecule has 0 unspecified atom stereocenters. The van der Waals surface area contributed by atoms with Crippen molar-refractivity contribution < 1.29 is 26.9 Å². The van der Waals surface area contributed by atoms with Gasteiger partial charge < -0.3 is 0 Å². The molecule has 0 aromatic heterocycles. The van der Waals surface area contributed by atoms with Gasteiger partial charge in [0, 0.05) is 6.07 Å². The number of halogens is 5. The average molecular weight is 328 g/mol. The number of nitrogens with zero attached hydrogens (tertiary/aromatic N) is 2. The third-order valence-corrected chi connectivity index (χ3v) is 2.94. The van der Waals surface area contributed by atoms with E-state index in [9.17, 15) is 32.1 Å². The highest BCUT2D eigenvalue weighted by atomic mass is 19.4. The van der Waals surface area contributed by atoms with Crippen LogP contribution >= 0.6 is 0 Å². The number of benzene rings is 2. The van der Waals surface area contributed by atoms with Crippen molar-refractivity contribution in [2.24, 2.45) is 0 Å². The van der Waals surface area contributed by atoms with Crippen molar-refractivity contribution >= 4 is 11.4 Å². The Kier molecular flexibility index (Phi) is 4.01. The third kappa shape index (κ3) is 3.11. The summed E-state index contributed by atoms with van der Waals surface area (Å²) in [5.41, 5.74) is -4.35. The Balaban J connectivity index is 2.79. The smallest absolute Gasteiger partial charge is 0.258 e. The first kappa shape index (κ1) is 16.4. The van der Waals surface area contributed by atoms with E-state index in [2.05, 4.69) is 4.85 Å². The Morgan fingerprint density at radius 1 is 1.13 bits per heavy atom. The maximum Gasteiger partial charge on any atom is 0.407 e. The molecule has 0 radical (unpaired) electrons. The van der Waals surface area contributed by atoms with E-state index >= 15 is 0 Å². The Hall–Kier alpha value is -3.02. The van der Waals surface area contributed by atoms with Gasteiger partial charge in [0.2, 0.25) is 0 Å². The Morgan fingerprint density at radius 2 is 1.78 bits per heavy atom. The molecule has 2 aromatic rings. The highest BCUT2D eigenvalue weighted by molar-refractivity contribution is 5.77. The van der Waals surface area contributed by atoms with E-state index in [0.717, 1.165) is 12.1 Å². The standard InChI is InChI=1S/C14H5F5N2O2/c1-20-11-3-2-7(4-9(11)14(17,18)19)13-10(16)5-8(15)6-12(13)21(22)23/h2-6H. The molecular formula is C14H5F5N2O2. The minimum atomic E-state index is -4.90. The van der Waals surface area contributed by atoms with E-state index < -0.39 is 50.8 Å². The number of hydrogen-bond acceptors (Lipinski definition) is 2. The van der Waals surface area contributed by atoms with Gasteiger partial charge >= 0.3 is 6.18 Å². The van der Waals surface area contributed by atoms with Crippen molar-refractivity contribution in [3.63, 3.8) is 0 Å². The fraction of sp³-hybridized carbons (Fsp3) is 0.0714. The molecule has 0 atom stereocenters. The lowest BCUT2D eigenvalue weighted by Gasteiger charge is -2.12. The average Bonchev–Trinajstić information content (AvgIpc) is 2.44. The fourth-order valence-electron chi connectivity index (χ4n) is 2.01. The minimum Gasteiger partial charge on any atom is -0.258 e. The summed E-state index contributed by atoms with van der Waals surface area (Å²) in [5.74, 6) is -2.60.